The van der Waals surface area contributed by atoms with Crippen LogP contribution >= 0.6 is 15.9 Å². The normalized spacial score (nSPS) is 10.8. The van der Waals surface area contributed by atoms with Crippen molar-refractivity contribution in [3.8, 4) is 11.5 Å². The smallest absolute Gasteiger partial charge is 0.388 e. The topological polar surface area (TPSA) is 48.0 Å². The minimum Gasteiger partial charge on any atom is -0.388 e. The third-order valence-electron chi connectivity index (χ3n) is 2.46. The second-order valence-electron chi connectivity index (χ2n) is 3.86. The highest BCUT2D eigenvalue weighted by Gasteiger charge is 2.10. The van der Waals surface area contributed by atoms with Crippen LogP contribution in [0.5, 0.6) is 0 Å². The van der Waals surface area contributed by atoms with Gasteiger partial charge in [0.05, 0.1) is 0 Å². The molecule has 90 valence electrons. The fraction of sp³-hybridized carbons (Fsp3) is 0.333. The van der Waals surface area contributed by atoms with Crippen LogP contribution in [0.25, 0.3) is 11.5 Å². The highest BCUT2D eigenvalue weighted by atomic mass is 79.9. The van der Waals surface area contributed by atoms with Crippen molar-refractivity contribution in [2.24, 2.45) is 0 Å². The quantitative estimate of drug-likeness (QED) is 0.875. The van der Waals surface area contributed by atoms with Gasteiger partial charge in [0.1, 0.15) is 0 Å². The Labute approximate surface area is 107 Å². The Kier molecular flexibility index (Phi) is 3.47. The molecule has 0 aliphatic rings. The lowest BCUT2D eigenvalue weighted by Gasteiger charge is -1.99. The number of hydrogen-bond acceptors (Lipinski definition) is 3. The first-order valence-corrected chi connectivity index (χ1v) is 6.25. The molecule has 1 aromatic carbocycles. The molecular weight excluding hydrogens is 284 g/mol. The van der Waals surface area contributed by atoms with Crippen molar-refractivity contribution in [1.29, 1.82) is 0 Å². The maximum atomic E-state index is 11.5. The van der Waals surface area contributed by atoms with E-state index < -0.39 is 5.76 Å². The van der Waals surface area contributed by atoms with Crippen molar-refractivity contribution in [2.45, 2.75) is 26.8 Å². The number of halogens is 1. The molecule has 4 nitrogen and oxygen atoms in total. The Hall–Kier alpha value is -1.36. The molecule has 0 spiro atoms. The number of hydrogen-bond donors (Lipinski definition) is 0. The van der Waals surface area contributed by atoms with E-state index in [4.69, 9.17) is 4.42 Å². The predicted molar refractivity (Wildman–Crippen MR) is 68.9 cm³/mol. The summed E-state index contributed by atoms with van der Waals surface area (Å²) in [5.41, 5.74) is 1.93. The summed E-state index contributed by atoms with van der Waals surface area (Å²) >= 11 is 3.45. The molecule has 1 aromatic heterocycles. The monoisotopic (exact) mass is 296 g/mol. The minimum absolute atomic E-state index is 0.365. The van der Waals surface area contributed by atoms with Crippen molar-refractivity contribution in [3.63, 3.8) is 0 Å². The molecule has 0 radical (unpaired) electrons. The van der Waals surface area contributed by atoms with Crippen LogP contribution in [0.2, 0.25) is 0 Å². The molecule has 0 atom stereocenters. The average Bonchev–Trinajstić information content (AvgIpc) is 2.65. The van der Waals surface area contributed by atoms with Gasteiger partial charge >= 0.3 is 5.76 Å². The van der Waals surface area contributed by atoms with Crippen LogP contribution in [0.4, 0.5) is 0 Å². The van der Waals surface area contributed by atoms with Crippen LogP contribution < -0.4 is 5.76 Å². The van der Waals surface area contributed by atoms with Gasteiger partial charge in [-0.3, -0.25) is 0 Å². The second kappa shape index (κ2) is 4.87. The van der Waals surface area contributed by atoms with E-state index in [1.807, 2.05) is 32.0 Å². The van der Waals surface area contributed by atoms with Gasteiger partial charge in [0, 0.05) is 16.6 Å². The SMILES string of the molecule is CCCn1nc(-c2ccc(C)c(Br)c2)oc1=O. The predicted octanol–water partition coefficient (Wildman–Crippen LogP) is 2.98. The summed E-state index contributed by atoms with van der Waals surface area (Å²) < 4.78 is 7.45. The highest BCUT2D eigenvalue weighted by Crippen LogP contribution is 2.23. The van der Waals surface area contributed by atoms with Crippen LogP contribution in [0.1, 0.15) is 18.9 Å². The van der Waals surface area contributed by atoms with E-state index in [0.29, 0.717) is 12.4 Å². The zero-order valence-electron chi connectivity index (χ0n) is 9.74. The molecule has 0 amide bonds. The van der Waals surface area contributed by atoms with Gasteiger partial charge in [0.25, 0.3) is 0 Å². The van der Waals surface area contributed by atoms with E-state index in [2.05, 4.69) is 21.0 Å². The maximum Gasteiger partial charge on any atom is 0.437 e. The van der Waals surface area contributed by atoms with Crippen molar-refractivity contribution >= 4 is 15.9 Å². The molecule has 2 aromatic rings. The average molecular weight is 297 g/mol. The maximum absolute atomic E-state index is 11.5. The summed E-state index contributed by atoms with van der Waals surface area (Å²) in [4.78, 5) is 11.5. The van der Waals surface area contributed by atoms with Gasteiger partial charge in [0.15, 0.2) is 0 Å². The molecule has 2 rings (SSSR count). The van der Waals surface area contributed by atoms with Gasteiger partial charge in [-0.25, -0.2) is 4.79 Å². The Morgan fingerprint density at radius 1 is 1.47 bits per heavy atom. The molecule has 0 unspecified atom stereocenters. The highest BCUT2D eigenvalue weighted by molar-refractivity contribution is 9.10. The standard InChI is InChI=1S/C12H13BrN2O2/c1-3-6-15-12(16)17-11(14-15)9-5-4-8(2)10(13)7-9/h4-5,7H,3,6H2,1-2H3. The van der Waals surface area contributed by atoms with Crippen LogP contribution in [-0.4, -0.2) is 9.78 Å². The summed E-state index contributed by atoms with van der Waals surface area (Å²) in [6.45, 7) is 4.57. The molecule has 0 saturated carbocycles. The lowest BCUT2D eigenvalue weighted by atomic mass is 10.1. The molecule has 0 fully saturated rings. The second-order valence-corrected chi connectivity index (χ2v) is 4.71. The lowest BCUT2D eigenvalue weighted by molar-refractivity contribution is 0.479. The minimum atomic E-state index is -0.404. The van der Waals surface area contributed by atoms with E-state index in [-0.39, 0.29) is 0 Å². The van der Waals surface area contributed by atoms with Crippen LogP contribution in [-0.2, 0) is 6.54 Å². The number of aromatic nitrogens is 2. The number of nitrogens with zero attached hydrogens (tertiary/aromatic N) is 2. The summed E-state index contributed by atoms with van der Waals surface area (Å²) in [5.74, 6) is -0.0392. The Bertz CT molecular complexity index is 586. The largest absolute Gasteiger partial charge is 0.437 e. The number of aryl methyl sites for hydroxylation is 2. The van der Waals surface area contributed by atoms with Crippen LogP contribution in [0.15, 0.2) is 31.9 Å². The summed E-state index contributed by atoms with van der Waals surface area (Å²) in [6.07, 6.45) is 0.851. The lowest BCUT2D eigenvalue weighted by Crippen LogP contribution is -2.15. The Morgan fingerprint density at radius 3 is 2.88 bits per heavy atom. The van der Waals surface area contributed by atoms with Crippen molar-refractivity contribution in [1.82, 2.24) is 9.78 Å². The molecular formula is C12H13BrN2O2. The van der Waals surface area contributed by atoms with Crippen molar-refractivity contribution in [2.75, 3.05) is 0 Å². The molecule has 0 saturated heterocycles. The zero-order valence-corrected chi connectivity index (χ0v) is 11.3. The molecule has 0 aliphatic heterocycles. The molecule has 5 heteroatoms. The molecule has 0 bridgehead atoms. The third kappa shape index (κ3) is 2.49. The van der Waals surface area contributed by atoms with Gasteiger partial charge < -0.3 is 4.42 Å². The molecule has 0 N–H and O–H groups in total. The van der Waals surface area contributed by atoms with Gasteiger partial charge in [-0.2, -0.15) is 4.68 Å². The van der Waals surface area contributed by atoms with Gasteiger partial charge in [-0.05, 0) is 31.0 Å². The van der Waals surface area contributed by atoms with E-state index in [1.54, 1.807) is 0 Å². The third-order valence-corrected chi connectivity index (χ3v) is 3.31. The van der Waals surface area contributed by atoms with Crippen LogP contribution in [0.3, 0.4) is 0 Å². The zero-order chi connectivity index (χ0) is 12.4. The molecule has 0 aliphatic carbocycles. The fourth-order valence-corrected chi connectivity index (χ4v) is 1.88. The molecule has 1 heterocycles. The van der Waals surface area contributed by atoms with E-state index >= 15 is 0 Å². The summed E-state index contributed by atoms with van der Waals surface area (Å²) in [5, 5.41) is 4.16. The van der Waals surface area contributed by atoms with Crippen molar-refractivity contribution in [3.05, 3.63) is 38.8 Å². The summed E-state index contributed by atoms with van der Waals surface area (Å²) in [6, 6.07) is 5.75. The molecule has 17 heavy (non-hydrogen) atoms. The van der Waals surface area contributed by atoms with Crippen LogP contribution in [0, 0.1) is 6.92 Å². The first kappa shape index (κ1) is 12.1. The summed E-state index contributed by atoms with van der Waals surface area (Å²) in [7, 11) is 0. The first-order valence-electron chi connectivity index (χ1n) is 5.46. The fourth-order valence-electron chi connectivity index (χ4n) is 1.50. The van der Waals surface area contributed by atoms with Crippen molar-refractivity contribution < 1.29 is 4.42 Å². The van der Waals surface area contributed by atoms with Gasteiger partial charge in [0.2, 0.25) is 5.89 Å². The number of rotatable bonds is 3. The van der Waals surface area contributed by atoms with E-state index in [9.17, 15) is 4.79 Å². The van der Waals surface area contributed by atoms with E-state index in [0.717, 1.165) is 22.0 Å². The Balaban J connectivity index is 2.42. The van der Waals surface area contributed by atoms with Gasteiger partial charge in [-0.15, -0.1) is 5.10 Å². The van der Waals surface area contributed by atoms with E-state index in [1.165, 1.54) is 4.68 Å². The van der Waals surface area contributed by atoms with Gasteiger partial charge in [-0.1, -0.05) is 28.9 Å². The first-order chi connectivity index (χ1) is 8.11. The number of benzene rings is 1. The Morgan fingerprint density at radius 2 is 2.24 bits per heavy atom.